The van der Waals surface area contributed by atoms with Crippen LogP contribution >= 0.6 is 0 Å². The van der Waals surface area contributed by atoms with Crippen molar-refractivity contribution in [3.8, 4) is 0 Å². The zero-order valence-corrected chi connectivity index (χ0v) is 16.6. The molecule has 1 aliphatic heterocycles. The molecule has 1 aliphatic carbocycles. The zero-order chi connectivity index (χ0) is 21.1. The fourth-order valence-electron chi connectivity index (χ4n) is 4.43. The van der Waals surface area contributed by atoms with Crippen LogP contribution in [-0.2, 0) is 23.8 Å². The van der Waals surface area contributed by atoms with E-state index < -0.39 is 11.9 Å². The maximum absolute atomic E-state index is 12.2. The number of aryl methyl sites for hydroxylation is 1. The van der Waals surface area contributed by atoms with Crippen LogP contribution in [0.3, 0.4) is 0 Å². The monoisotopic (exact) mass is 418 g/mol. The number of anilines is 1. The van der Waals surface area contributed by atoms with E-state index in [-0.39, 0.29) is 16.9 Å². The van der Waals surface area contributed by atoms with Crippen molar-refractivity contribution in [3.63, 3.8) is 0 Å². The van der Waals surface area contributed by atoms with Crippen molar-refractivity contribution in [3.05, 3.63) is 53.5 Å². The molecule has 3 heterocycles. The first-order valence-corrected chi connectivity index (χ1v) is 10.2. The van der Waals surface area contributed by atoms with Crippen LogP contribution in [0.25, 0.3) is 11.0 Å². The van der Waals surface area contributed by atoms with Gasteiger partial charge < -0.3 is 15.5 Å². The molecule has 1 atom stereocenters. The van der Waals surface area contributed by atoms with E-state index in [4.69, 9.17) is 10.5 Å². The predicted octanol–water partition coefficient (Wildman–Crippen LogP) is 4.78. The van der Waals surface area contributed by atoms with Gasteiger partial charge in [-0.15, -0.1) is 0 Å². The van der Waals surface area contributed by atoms with Crippen molar-refractivity contribution in [1.29, 1.82) is 0 Å². The van der Waals surface area contributed by atoms with Crippen LogP contribution in [0.15, 0.2) is 36.7 Å². The molecule has 0 bridgehead atoms. The van der Waals surface area contributed by atoms with Gasteiger partial charge in [0.2, 0.25) is 0 Å². The molecule has 5 nitrogen and oxygen atoms in total. The standard InChI is InChI=1S/C15H20O.C7H5F3N4/c1-2-4-14-11-15(6-5-12(14)3-1)13-7-9-16-10-8-13;8-7(9,10)4-1-3-5(11)12-2-13-6(3)14-4/h1-4,13,15H,5-11H2;1-2H,(H3,11,12,13,14). The van der Waals surface area contributed by atoms with Gasteiger partial charge in [0.1, 0.15) is 23.5 Å². The number of aromatic amines is 1. The van der Waals surface area contributed by atoms with Gasteiger partial charge in [0.25, 0.3) is 0 Å². The Hall–Kier alpha value is -2.61. The maximum Gasteiger partial charge on any atom is 0.431 e. The van der Waals surface area contributed by atoms with Gasteiger partial charge in [-0.1, -0.05) is 24.3 Å². The van der Waals surface area contributed by atoms with E-state index in [0.717, 1.165) is 37.4 Å². The van der Waals surface area contributed by atoms with Gasteiger partial charge in [0, 0.05) is 13.2 Å². The Kier molecular flexibility index (Phi) is 5.94. The summed E-state index contributed by atoms with van der Waals surface area (Å²) in [6.07, 6.45) is 3.24. The molecule has 0 saturated carbocycles. The van der Waals surface area contributed by atoms with Crippen molar-refractivity contribution < 1.29 is 17.9 Å². The molecular formula is C22H25F3N4O. The minimum absolute atomic E-state index is 0.0294. The Labute approximate surface area is 172 Å². The smallest absolute Gasteiger partial charge is 0.383 e. The number of nitrogens with zero attached hydrogens (tertiary/aromatic N) is 2. The lowest BCUT2D eigenvalue weighted by Crippen LogP contribution is -2.27. The lowest BCUT2D eigenvalue weighted by Gasteiger charge is -2.33. The lowest BCUT2D eigenvalue weighted by atomic mass is 9.74. The fraction of sp³-hybridized carbons (Fsp3) is 0.455. The molecule has 1 saturated heterocycles. The predicted molar refractivity (Wildman–Crippen MR) is 109 cm³/mol. The molecule has 160 valence electrons. The number of nitrogens with one attached hydrogen (secondary N) is 1. The normalized spacial score (nSPS) is 19.8. The van der Waals surface area contributed by atoms with Gasteiger partial charge in [-0.25, -0.2) is 9.97 Å². The van der Waals surface area contributed by atoms with Crippen LogP contribution in [0.1, 0.15) is 36.1 Å². The molecule has 2 aromatic heterocycles. The van der Waals surface area contributed by atoms with E-state index >= 15 is 0 Å². The van der Waals surface area contributed by atoms with E-state index in [1.54, 1.807) is 11.1 Å². The molecular weight excluding hydrogens is 393 g/mol. The highest BCUT2D eigenvalue weighted by atomic mass is 19.4. The maximum atomic E-state index is 12.2. The van der Waals surface area contributed by atoms with Crippen LogP contribution in [0.5, 0.6) is 0 Å². The molecule has 8 heteroatoms. The van der Waals surface area contributed by atoms with Crippen LogP contribution in [-0.4, -0.2) is 28.2 Å². The Morgan fingerprint density at radius 1 is 1.00 bits per heavy atom. The number of nitrogen functional groups attached to an aromatic ring is 1. The second-order valence-corrected chi connectivity index (χ2v) is 7.92. The van der Waals surface area contributed by atoms with Crippen molar-refractivity contribution in [2.24, 2.45) is 11.8 Å². The Bertz CT molecular complexity index is 995. The highest BCUT2D eigenvalue weighted by molar-refractivity contribution is 5.86. The minimum atomic E-state index is -4.42. The van der Waals surface area contributed by atoms with E-state index in [0.29, 0.717) is 0 Å². The molecule has 0 amide bonds. The first-order valence-electron chi connectivity index (χ1n) is 10.2. The van der Waals surface area contributed by atoms with E-state index in [1.807, 2.05) is 0 Å². The average molecular weight is 418 g/mol. The summed E-state index contributed by atoms with van der Waals surface area (Å²) >= 11 is 0. The Morgan fingerprint density at radius 3 is 2.43 bits per heavy atom. The van der Waals surface area contributed by atoms with Gasteiger partial charge in [0.15, 0.2) is 0 Å². The summed E-state index contributed by atoms with van der Waals surface area (Å²) in [5, 5.41) is 0.180. The molecule has 5 rings (SSSR count). The van der Waals surface area contributed by atoms with Crippen molar-refractivity contribution in [1.82, 2.24) is 15.0 Å². The molecule has 0 radical (unpaired) electrons. The number of hydrogen-bond acceptors (Lipinski definition) is 4. The molecule has 30 heavy (non-hydrogen) atoms. The highest BCUT2D eigenvalue weighted by Gasteiger charge is 2.33. The Balaban J connectivity index is 0.000000147. The topological polar surface area (TPSA) is 76.8 Å². The number of nitrogens with two attached hydrogens (primary N) is 1. The van der Waals surface area contributed by atoms with Gasteiger partial charge in [0.05, 0.1) is 5.39 Å². The summed E-state index contributed by atoms with van der Waals surface area (Å²) in [6, 6.07) is 9.87. The van der Waals surface area contributed by atoms with Crippen molar-refractivity contribution in [2.45, 2.75) is 38.3 Å². The summed E-state index contributed by atoms with van der Waals surface area (Å²) in [7, 11) is 0. The summed E-state index contributed by atoms with van der Waals surface area (Å²) in [6.45, 7) is 1.98. The zero-order valence-electron chi connectivity index (χ0n) is 16.6. The van der Waals surface area contributed by atoms with Gasteiger partial charge >= 0.3 is 6.18 Å². The first kappa shape index (κ1) is 20.7. The van der Waals surface area contributed by atoms with Crippen LogP contribution in [0.4, 0.5) is 19.0 Å². The summed E-state index contributed by atoms with van der Waals surface area (Å²) < 4.78 is 42.2. The van der Waals surface area contributed by atoms with Gasteiger partial charge in [-0.2, -0.15) is 13.2 Å². The van der Waals surface area contributed by atoms with E-state index in [1.165, 1.54) is 32.1 Å². The van der Waals surface area contributed by atoms with Gasteiger partial charge in [-0.3, -0.25) is 0 Å². The SMILES string of the molecule is Nc1ncnc2[nH]c(C(F)(F)F)cc12.c1ccc2c(c1)CCC(C1CCOCC1)C2. The molecule has 1 fully saturated rings. The van der Waals surface area contributed by atoms with E-state index in [9.17, 15) is 13.2 Å². The van der Waals surface area contributed by atoms with E-state index in [2.05, 4.69) is 39.2 Å². The number of aromatic nitrogens is 3. The molecule has 3 N–H and O–H groups in total. The quantitative estimate of drug-likeness (QED) is 0.596. The number of halogens is 3. The Morgan fingerprint density at radius 2 is 1.73 bits per heavy atom. The molecule has 1 unspecified atom stereocenters. The summed E-state index contributed by atoms with van der Waals surface area (Å²) in [5.74, 6) is 1.86. The number of hydrogen-bond donors (Lipinski definition) is 2. The lowest BCUT2D eigenvalue weighted by molar-refractivity contribution is -0.140. The number of H-pyrrole nitrogens is 1. The summed E-state index contributed by atoms with van der Waals surface area (Å²) in [5.41, 5.74) is 7.78. The number of ether oxygens (including phenoxy) is 1. The second kappa shape index (κ2) is 8.63. The van der Waals surface area contributed by atoms with Gasteiger partial charge in [-0.05, 0) is 61.1 Å². The minimum Gasteiger partial charge on any atom is -0.383 e. The number of benzene rings is 1. The van der Waals surface area contributed by atoms with Crippen LogP contribution in [0, 0.1) is 11.8 Å². The fourth-order valence-corrected chi connectivity index (χ4v) is 4.43. The first-order chi connectivity index (χ1) is 14.4. The third kappa shape index (κ3) is 4.59. The van der Waals surface area contributed by atoms with Crippen LogP contribution in [0.2, 0.25) is 0 Å². The van der Waals surface area contributed by atoms with Crippen molar-refractivity contribution in [2.75, 3.05) is 18.9 Å². The molecule has 3 aromatic rings. The molecule has 1 aromatic carbocycles. The third-order valence-electron chi connectivity index (χ3n) is 6.08. The number of rotatable bonds is 1. The average Bonchev–Trinajstić information content (AvgIpc) is 3.21. The van der Waals surface area contributed by atoms with Crippen molar-refractivity contribution >= 4 is 16.9 Å². The second-order valence-electron chi connectivity index (χ2n) is 7.92. The largest absolute Gasteiger partial charge is 0.431 e. The molecule has 0 spiro atoms. The number of alkyl halides is 3. The highest BCUT2D eigenvalue weighted by Crippen LogP contribution is 2.35. The number of fused-ring (bicyclic) bond motifs is 2. The van der Waals surface area contributed by atoms with Crippen LogP contribution < -0.4 is 5.73 Å². The third-order valence-corrected chi connectivity index (χ3v) is 6.08. The molecule has 2 aliphatic rings. The summed E-state index contributed by atoms with van der Waals surface area (Å²) in [4.78, 5) is 9.33.